The number of piperazine rings is 1. The van der Waals surface area contributed by atoms with Gasteiger partial charge >= 0.3 is 0 Å². The fraction of sp³-hybridized carbons (Fsp3) is 0.524. The Hall–Kier alpha value is -1.94. The first kappa shape index (κ1) is 22.3. The highest BCUT2D eigenvalue weighted by atomic mass is 35.5. The van der Waals surface area contributed by atoms with Gasteiger partial charge in [-0.2, -0.15) is 4.98 Å². The second kappa shape index (κ2) is 9.68. The third kappa shape index (κ3) is 4.64. The first-order chi connectivity index (χ1) is 15.1. The summed E-state index contributed by atoms with van der Waals surface area (Å²) in [6.07, 6.45) is 1.10. The minimum absolute atomic E-state index is 0.346. The van der Waals surface area contributed by atoms with Gasteiger partial charge in [0, 0.05) is 69.3 Å². The molecule has 5 rings (SSSR count). The van der Waals surface area contributed by atoms with Crippen LogP contribution in [0.5, 0.6) is 0 Å². The molecule has 2 atom stereocenters. The Balaban J connectivity index is 0.00000112. The topological polar surface area (TPSA) is 93.0 Å². The zero-order valence-corrected chi connectivity index (χ0v) is 19.1. The van der Waals surface area contributed by atoms with Gasteiger partial charge in [-0.1, -0.05) is 11.6 Å². The zero-order chi connectivity index (χ0) is 22.0. The Kier molecular flexibility index (Phi) is 6.95. The highest BCUT2D eigenvalue weighted by Crippen LogP contribution is 2.34. The minimum Gasteiger partial charge on any atom is -0.400 e. The normalized spacial score (nSPS) is 22.9. The lowest BCUT2D eigenvalue weighted by molar-refractivity contribution is 0.198. The van der Waals surface area contributed by atoms with Gasteiger partial charge < -0.3 is 24.9 Å². The van der Waals surface area contributed by atoms with Crippen molar-refractivity contribution in [1.29, 1.82) is 0 Å². The predicted octanol–water partition coefficient (Wildman–Crippen LogP) is 1.30. The quantitative estimate of drug-likeness (QED) is 0.700. The summed E-state index contributed by atoms with van der Waals surface area (Å²) < 4.78 is 12.5. The smallest absolute Gasteiger partial charge is 0.227 e. The SMILES string of the molecule is CO.O=S1CCc2nc(N3CCN(c4ccc(Cl)cc4)CC3)nc(N3CCC(O)C3)c21. The average Bonchev–Trinajstić information content (AvgIpc) is 3.41. The zero-order valence-electron chi connectivity index (χ0n) is 17.6. The molecule has 2 N–H and O–H groups in total. The van der Waals surface area contributed by atoms with Gasteiger partial charge in [-0.15, -0.1) is 0 Å². The lowest BCUT2D eigenvalue weighted by Crippen LogP contribution is -2.47. The maximum Gasteiger partial charge on any atom is 0.227 e. The van der Waals surface area contributed by atoms with Gasteiger partial charge in [-0.05, 0) is 30.7 Å². The fourth-order valence-electron chi connectivity index (χ4n) is 4.27. The summed E-state index contributed by atoms with van der Waals surface area (Å²) in [5, 5.41) is 17.7. The number of rotatable bonds is 3. The van der Waals surface area contributed by atoms with Crippen molar-refractivity contribution in [1.82, 2.24) is 9.97 Å². The van der Waals surface area contributed by atoms with Gasteiger partial charge in [-0.3, -0.25) is 4.21 Å². The molecule has 3 aliphatic rings. The summed E-state index contributed by atoms with van der Waals surface area (Å²) >= 11 is 6.00. The number of hydrogen-bond donors (Lipinski definition) is 2. The third-order valence-corrected chi connectivity index (χ3v) is 7.58. The molecule has 0 amide bonds. The molecule has 0 radical (unpaired) electrons. The molecule has 31 heavy (non-hydrogen) atoms. The van der Waals surface area contributed by atoms with E-state index >= 15 is 0 Å². The van der Waals surface area contributed by atoms with Crippen molar-refractivity contribution in [3.63, 3.8) is 0 Å². The maximum atomic E-state index is 12.5. The van der Waals surface area contributed by atoms with E-state index in [1.54, 1.807) is 0 Å². The van der Waals surface area contributed by atoms with E-state index < -0.39 is 10.8 Å². The molecule has 2 aromatic rings. The van der Waals surface area contributed by atoms with Crippen molar-refractivity contribution < 1.29 is 14.4 Å². The summed E-state index contributed by atoms with van der Waals surface area (Å²) in [7, 11) is -0.0482. The van der Waals surface area contributed by atoms with E-state index in [0.717, 1.165) is 80.1 Å². The van der Waals surface area contributed by atoms with Crippen LogP contribution in [0.2, 0.25) is 5.02 Å². The van der Waals surface area contributed by atoms with Crippen LogP contribution in [0.1, 0.15) is 12.1 Å². The maximum absolute atomic E-state index is 12.5. The van der Waals surface area contributed by atoms with E-state index in [4.69, 9.17) is 26.7 Å². The van der Waals surface area contributed by atoms with Crippen molar-refractivity contribution in [3.8, 4) is 0 Å². The van der Waals surface area contributed by atoms with E-state index in [1.807, 2.05) is 12.1 Å². The number of aryl methyl sites for hydroxylation is 1. The number of benzene rings is 1. The molecule has 168 valence electrons. The number of aromatic nitrogens is 2. The van der Waals surface area contributed by atoms with E-state index in [-0.39, 0.29) is 6.10 Å². The number of β-amino-alcohol motifs (C(OH)–C–C–N with tert-alkyl or cyclic N) is 1. The van der Waals surface area contributed by atoms with E-state index in [0.29, 0.717) is 12.3 Å². The van der Waals surface area contributed by atoms with Crippen LogP contribution < -0.4 is 14.7 Å². The van der Waals surface area contributed by atoms with Crippen molar-refractivity contribution >= 4 is 39.9 Å². The molecule has 8 nitrogen and oxygen atoms in total. The summed E-state index contributed by atoms with van der Waals surface area (Å²) in [5.41, 5.74) is 2.08. The second-order valence-electron chi connectivity index (χ2n) is 7.76. The molecule has 2 fully saturated rings. The fourth-order valence-corrected chi connectivity index (χ4v) is 5.77. The second-order valence-corrected chi connectivity index (χ2v) is 9.71. The number of halogens is 1. The van der Waals surface area contributed by atoms with Crippen LogP contribution in [0.15, 0.2) is 29.2 Å². The van der Waals surface area contributed by atoms with Crippen LogP contribution in [0.25, 0.3) is 0 Å². The number of anilines is 3. The molecule has 0 saturated carbocycles. The standard InChI is InChI=1S/C20H24ClN5O2S.CH4O/c21-14-1-3-15(4-2-14)24-8-10-25(11-9-24)20-22-17-6-12-29(28)18(17)19(23-20)26-7-5-16(27)13-26;1-2/h1-4,16,27H,5-13H2;2H,1H3. The average molecular weight is 466 g/mol. The van der Waals surface area contributed by atoms with Gasteiger partial charge in [0.1, 0.15) is 4.90 Å². The first-order valence-electron chi connectivity index (χ1n) is 10.5. The van der Waals surface area contributed by atoms with Gasteiger partial charge in [0.15, 0.2) is 5.82 Å². The summed E-state index contributed by atoms with van der Waals surface area (Å²) in [5.74, 6) is 2.09. The lowest BCUT2D eigenvalue weighted by atomic mass is 10.2. The van der Waals surface area contributed by atoms with E-state index in [1.165, 1.54) is 5.69 Å². The number of nitrogens with zero attached hydrogens (tertiary/aromatic N) is 5. The predicted molar refractivity (Wildman–Crippen MR) is 124 cm³/mol. The number of fused-ring (bicyclic) bond motifs is 1. The Bertz CT molecular complexity index is 937. The van der Waals surface area contributed by atoms with Crippen molar-refractivity contribution in [2.45, 2.75) is 23.8 Å². The number of aliphatic hydroxyl groups is 2. The summed E-state index contributed by atoms with van der Waals surface area (Å²) in [6.45, 7) is 4.70. The van der Waals surface area contributed by atoms with Crippen molar-refractivity contribution in [2.24, 2.45) is 0 Å². The van der Waals surface area contributed by atoms with Gasteiger partial charge in [0.2, 0.25) is 5.95 Å². The number of hydrogen-bond acceptors (Lipinski definition) is 8. The Morgan fingerprint density at radius 1 is 1.00 bits per heavy atom. The van der Waals surface area contributed by atoms with Crippen molar-refractivity contribution in [3.05, 3.63) is 35.0 Å². The van der Waals surface area contributed by atoms with Crippen LogP contribution in [-0.2, 0) is 17.2 Å². The largest absolute Gasteiger partial charge is 0.400 e. The van der Waals surface area contributed by atoms with Crippen LogP contribution in [0, 0.1) is 0 Å². The van der Waals surface area contributed by atoms with Gasteiger partial charge in [-0.25, -0.2) is 4.98 Å². The summed E-state index contributed by atoms with van der Waals surface area (Å²) in [6, 6.07) is 7.94. The van der Waals surface area contributed by atoms with Crippen LogP contribution in [0.4, 0.5) is 17.5 Å². The molecule has 1 aromatic carbocycles. The van der Waals surface area contributed by atoms with E-state index in [9.17, 15) is 9.32 Å². The Morgan fingerprint density at radius 2 is 1.68 bits per heavy atom. The third-order valence-electron chi connectivity index (χ3n) is 5.88. The highest BCUT2D eigenvalue weighted by molar-refractivity contribution is 7.85. The van der Waals surface area contributed by atoms with Crippen molar-refractivity contribution in [2.75, 3.05) is 66.8 Å². The highest BCUT2D eigenvalue weighted by Gasteiger charge is 2.33. The molecule has 3 aliphatic heterocycles. The number of aliphatic hydroxyl groups excluding tert-OH is 2. The molecule has 2 unspecified atom stereocenters. The first-order valence-corrected chi connectivity index (χ1v) is 12.2. The lowest BCUT2D eigenvalue weighted by Gasteiger charge is -2.36. The van der Waals surface area contributed by atoms with Crippen LogP contribution in [0.3, 0.4) is 0 Å². The molecule has 1 aromatic heterocycles. The molecule has 0 bridgehead atoms. The summed E-state index contributed by atoms with van der Waals surface area (Å²) in [4.78, 5) is 17.0. The molecule has 10 heteroatoms. The van der Waals surface area contributed by atoms with Gasteiger partial charge in [0.25, 0.3) is 0 Å². The van der Waals surface area contributed by atoms with Crippen LogP contribution in [-0.4, -0.2) is 82.6 Å². The van der Waals surface area contributed by atoms with Gasteiger partial charge in [0.05, 0.1) is 22.6 Å². The Labute approximate surface area is 189 Å². The molecular formula is C21H28ClN5O3S. The Morgan fingerprint density at radius 3 is 2.32 bits per heavy atom. The van der Waals surface area contributed by atoms with E-state index in [2.05, 4.69) is 26.8 Å². The van der Waals surface area contributed by atoms with Crippen LogP contribution >= 0.6 is 11.6 Å². The molecular weight excluding hydrogens is 438 g/mol. The molecule has 2 saturated heterocycles. The minimum atomic E-state index is -1.05. The molecule has 0 spiro atoms. The molecule has 4 heterocycles. The monoisotopic (exact) mass is 465 g/mol. The molecule has 0 aliphatic carbocycles.